The molecular weight excluding hydrogens is 394 g/mol. The van der Waals surface area contributed by atoms with Gasteiger partial charge in [0.2, 0.25) is 0 Å². The molecule has 0 saturated carbocycles. The van der Waals surface area contributed by atoms with Crippen LogP contribution in [-0.2, 0) is 22.4 Å². The molecule has 0 aromatic heterocycles. The van der Waals surface area contributed by atoms with Gasteiger partial charge in [-0.3, -0.25) is 0 Å². The van der Waals surface area contributed by atoms with Crippen molar-refractivity contribution in [1.82, 2.24) is 5.32 Å². The molecule has 0 saturated heterocycles. The van der Waals surface area contributed by atoms with Crippen molar-refractivity contribution in [1.29, 1.82) is 0 Å². The van der Waals surface area contributed by atoms with E-state index >= 15 is 0 Å². The molecule has 0 bridgehead atoms. The summed E-state index contributed by atoms with van der Waals surface area (Å²) < 4.78 is 5.31. The summed E-state index contributed by atoms with van der Waals surface area (Å²) in [5, 5.41) is 12.7. The molecule has 30 heavy (non-hydrogen) atoms. The predicted molar refractivity (Wildman–Crippen MR) is 126 cm³/mol. The van der Waals surface area contributed by atoms with Crippen LogP contribution in [0.2, 0.25) is 0 Å². The zero-order valence-corrected chi connectivity index (χ0v) is 18.8. The molecular formula is C25H33NO3S. The minimum atomic E-state index is -0.921. The second-order valence-electron chi connectivity index (χ2n) is 7.45. The summed E-state index contributed by atoms with van der Waals surface area (Å²) in [6.45, 7) is 5.29. The van der Waals surface area contributed by atoms with Gasteiger partial charge in [0, 0.05) is 25.5 Å². The van der Waals surface area contributed by atoms with Crippen LogP contribution < -0.4 is 5.32 Å². The summed E-state index contributed by atoms with van der Waals surface area (Å²) in [5.74, 6) is -0.734. The van der Waals surface area contributed by atoms with Gasteiger partial charge in [-0.15, -0.1) is 0 Å². The number of hydrogen-bond donors (Lipinski definition) is 2. The Morgan fingerprint density at radius 3 is 2.33 bits per heavy atom. The Kier molecular flexibility index (Phi) is 10.5. The van der Waals surface area contributed by atoms with E-state index in [-0.39, 0.29) is 5.92 Å². The molecule has 0 fully saturated rings. The minimum Gasteiger partial charge on any atom is -0.479 e. The number of nitrogens with one attached hydrogen (secondary N) is 1. The maximum Gasteiger partial charge on any atom is 0.333 e. The van der Waals surface area contributed by atoms with Crippen LogP contribution in [0.15, 0.2) is 54.6 Å². The van der Waals surface area contributed by atoms with Crippen LogP contribution in [-0.4, -0.2) is 35.3 Å². The van der Waals surface area contributed by atoms with Gasteiger partial charge in [-0.05, 0) is 42.9 Å². The molecule has 2 atom stereocenters. The summed E-state index contributed by atoms with van der Waals surface area (Å²) in [5.41, 5.74) is 3.43. The lowest BCUT2D eigenvalue weighted by Crippen LogP contribution is -2.28. The Labute approximate surface area is 185 Å². The fourth-order valence-corrected chi connectivity index (χ4v) is 3.79. The summed E-state index contributed by atoms with van der Waals surface area (Å²) in [4.78, 5) is 12.2. The van der Waals surface area contributed by atoms with Crippen LogP contribution in [0.3, 0.4) is 0 Å². The molecule has 0 spiro atoms. The van der Waals surface area contributed by atoms with Gasteiger partial charge in [0.25, 0.3) is 0 Å². The third-order valence-electron chi connectivity index (χ3n) is 5.16. The zero-order valence-electron chi connectivity index (χ0n) is 18.0. The Bertz CT molecular complexity index is 777. The number of ether oxygens (including phenoxy) is 1. The quantitative estimate of drug-likeness (QED) is 0.342. The standard InChI is InChI=1S/C25H33NO3S/c1-3-5-17-26-24(30)22(21-9-7-6-8-10-21)16-15-19-11-13-20(14-12-19)18-23(25(27)28)29-4-2/h6-14,22-23H,3-5,15-18H2,1-2H3,(H,26,30)(H,27,28). The normalized spacial score (nSPS) is 12.9. The lowest BCUT2D eigenvalue weighted by atomic mass is 9.91. The second kappa shape index (κ2) is 13.1. The van der Waals surface area contributed by atoms with Crippen molar-refractivity contribution < 1.29 is 14.6 Å². The number of aryl methyl sites for hydroxylation is 1. The largest absolute Gasteiger partial charge is 0.479 e. The van der Waals surface area contributed by atoms with E-state index in [1.165, 1.54) is 11.1 Å². The zero-order chi connectivity index (χ0) is 21.8. The number of rotatable bonds is 13. The lowest BCUT2D eigenvalue weighted by Gasteiger charge is -2.20. The molecule has 5 heteroatoms. The Morgan fingerprint density at radius 2 is 1.73 bits per heavy atom. The number of hydrogen-bond acceptors (Lipinski definition) is 3. The first kappa shape index (κ1) is 24.0. The molecule has 2 rings (SSSR count). The van der Waals surface area contributed by atoms with Gasteiger partial charge in [0.05, 0.1) is 4.99 Å². The first-order chi connectivity index (χ1) is 14.5. The number of thiocarbonyl (C=S) groups is 1. The molecule has 2 N–H and O–H groups in total. The Balaban J connectivity index is 2.00. The van der Waals surface area contributed by atoms with Crippen molar-refractivity contribution in [2.75, 3.05) is 13.2 Å². The SMILES string of the molecule is CCCCNC(=S)C(CCc1ccc(CC(OCC)C(=O)O)cc1)c1ccccc1. The number of benzene rings is 2. The monoisotopic (exact) mass is 427 g/mol. The highest BCUT2D eigenvalue weighted by Gasteiger charge is 2.19. The van der Waals surface area contributed by atoms with Gasteiger partial charge in [-0.25, -0.2) is 4.79 Å². The van der Waals surface area contributed by atoms with Crippen LogP contribution in [0.4, 0.5) is 0 Å². The van der Waals surface area contributed by atoms with Crippen LogP contribution >= 0.6 is 12.2 Å². The molecule has 0 aliphatic rings. The first-order valence-corrected chi connectivity index (χ1v) is 11.2. The van der Waals surface area contributed by atoms with Crippen molar-refractivity contribution in [3.8, 4) is 0 Å². The van der Waals surface area contributed by atoms with Crippen molar-refractivity contribution in [2.24, 2.45) is 0 Å². The number of aliphatic carboxylic acids is 1. The first-order valence-electron chi connectivity index (χ1n) is 10.8. The molecule has 162 valence electrons. The molecule has 0 radical (unpaired) electrons. The average Bonchev–Trinajstić information content (AvgIpc) is 2.75. The molecule has 2 unspecified atom stereocenters. The maximum absolute atomic E-state index is 11.3. The predicted octanol–water partition coefficient (Wildman–Crippen LogP) is 5.15. The van der Waals surface area contributed by atoms with Gasteiger partial charge >= 0.3 is 5.97 Å². The molecule has 2 aromatic carbocycles. The highest BCUT2D eigenvalue weighted by Crippen LogP contribution is 2.23. The fraction of sp³-hybridized carbons (Fsp3) is 0.440. The molecule has 0 amide bonds. The number of carbonyl (C=O) groups is 1. The molecule has 4 nitrogen and oxygen atoms in total. The van der Waals surface area contributed by atoms with Crippen molar-refractivity contribution in [3.63, 3.8) is 0 Å². The number of carboxylic acids is 1. The van der Waals surface area contributed by atoms with E-state index in [1.807, 2.05) is 25.1 Å². The minimum absolute atomic E-state index is 0.187. The van der Waals surface area contributed by atoms with E-state index in [9.17, 15) is 9.90 Å². The Morgan fingerprint density at radius 1 is 1.07 bits per heavy atom. The van der Waals surface area contributed by atoms with Crippen LogP contribution in [0, 0.1) is 0 Å². The Hall–Kier alpha value is -2.24. The molecule has 2 aromatic rings. The topological polar surface area (TPSA) is 58.6 Å². The summed E-state index contributed by atoms with van der Waals surface area (Å²) in [6.07, 6.45) is 3.67. The molecule has 0 heterocycles. The van der Waals surface area contributed by atoms with Crippen LogP contribution in [0.1, 0.15) is 55.7 Å². The van der Waals surface area contributed by atoms with Gasteiger partial charge in [0.15, 0.2) is 6.10 Å². The second-order valence-corrected chi connectivity index (χ2v) is 7.89. The van der Waals surface area contributed by atoms with E-state index < -0.39 is 12.1 Å². The summed E-state index contributed by atoms with van der Waals surface area (Å²) in [6, 6.07) is 18.6. The van der Waals surface area contributed by atoms with E-state index in [4.69, 9.17) is 17.0 Å². The van der Waals surface area contributed by atoms with E-state index in [2.05, 4.69) is 48.6 Å². The highest BCUT2D eigenvalue weighted by atomic mass is 32.1. The smallest absolute Gasteiger partial charge is 0.333 e. The lowest BCUT2D eigenvalue weighted by molar-refractivity contribution is -0.149. The fourth-order valence-electron chi connectivity index (χ4n) is 3.43. The van der Waals surface area contributed by atoms with Gasteiger partial charge in [-0.1, -0.05) is 80.2 Å². The van der Waals surface area contributed by atoms with Gasteiger partial charge < -0.3 is 15.2 Å². The van der Waals surface area contributed by atoms with Crippen molar-refractivity contribution in [2.45, 2.75) is 58.0 Å². The van der Waals surface area contributed by atoms with E-state index in [0.717, 1.165) is 42.8 Å². The third kappa shape index (κ3) is 7.88. The van der Waals surface area contributed by atoms with Crippen molar-refractivity contribution in [3.05, 3.63) is 71.3 Å². The maximum atomic E-state index is 11.3. The number of unbranched alkanes of at least 4 members (excludes halogenated alkanes) is 1. The van der Waals surface area contributed by atoms with Crippen molar-refractivity contribution >= 4 is 23.2 Å². The molecule has 0 aliphatic heterocycles. The number of carboxylic acid groups (broad SMARTS) is 1. The summed E-state index contributed by atoms with van der Waals surface area (Å²) in [7, 11) is 0. The molecule has 0 aliphatic carbocycles. The van der Waals surface area contributed by atoms with Crippen LogP contribution in [0.5, 0.6) is 0 Å². The van der Waals surface area contributed by atoms with Crippen LogP contribution in [0.25, 0.3) is 0 Å². The highest BCUT2D eigenvalue weighted by molar-refractivity contribution is 7.80. The third-order valence-corrected chi connectivity index (χ3v) is 5.59. The van der Waals surface area contributed by atoms with E-state index in [1.54, 1.807) is 0 Å². The van der Waals surface area contributed by atoms with Gasteiger partial charge in [0.1, 0.15) is 0 Å². The van der Waals surface area contributed by atoms with E-state index in [0.29, 0.717) is 13.0 Å². The summed E-state index contributed by atoms with van der Waals surface area (Å²) >= 11 is 5.72. The average molecular weight is 428 g/mol. The van der Waals surface area contributed by atoms with Gasteiger partial charge in [-0.2, -0.15) is 0 Å².